The molecule has 3 amide bonds. The van der Waals surface area contributed by atoms with Crippen LogP contribution in [0.15, 0.2) is 96.4 Å². The van der Waals surface area contributed by atoms with Gasteiger partial charge in [-0.05, 0) is 54.2 Å². The number of aromatic nitrogens is 3. The van der Waals surface area contributed by atoms with Crippen LogP contribution in [0.2, 0.25) is 0 Å². The molecule has 3 heterocycles. The average molecular weight is 733 g/mol. The minimum absolute atomic E-state index is 0.00334. The maximum Gasteiger partial charge on any atom is 0.326 e. The molecule has 15 nitrogen and oxygen atoms in total. The van der Waals surface area contributed by atoms with Crippen molar-refractivity contribution in [2.45, 2.75) is 56.3 Å². The Bertz CT molecular complexity index is 2300. The molecule has 3 aromatic heterocycles. The Morgan fingerprint density at radius 3 is 1.54 bits per heavy atom. The summed E-state index contributed by atoms with van der Waals surface area (Å²) in [4.78, 5) is 67.6. The van der Waals surface area contributed by atoms with Crippen LogP contribution >= 0.6 is 0 Å². The molecule has 15 heteroatoms. The van der Waals surface area contributed by atoms with Gasteiger partial charge in [-0.15, -0.1) is 0 Å². The number of hydrogen-bond acceptors (Lipinski definition) is 6. The van der Waals surface area contributed by atoms with E-state index < -0.39 is 47.9 Å². The summed E-state index contributed by atoms with van der Waals surface area (Å²) in [6.07, 6.45) is 5.93. The molecule has 13 N–H and O–H groups in total. The van der Waals surface area contributed by atoms with E-state index in [0.717, 1.165) is 43.8 Å². The number of hydrogen-bond donors (Lipinski definition) is 10. The highest BCUT2D eigenvalue weighted by atomic mass is 16.4. The fraction of sp³-hybridized carbons (Fsp3) is 0.256. The standard InChI is InChI=1S/C39H44N10O5/c40-28(16-22-19-44-29-11-4-1-8-25(22)29)35(50)47-32(14-7-15-43-39(41)42)36(51)48-33(17-23-20-45-30-12-5-2-9-26(23)30)37(52)49-34(38(53)54)18-24-21-46-31-13-6-3-10-27(24)31/h1-6,8-13,19-21,28,32-34,44-46H,7,14-18,40H2,(H,47,50)(H,48,51)(H,49,52)(H,53,54)(H4,41,42,43). The number of fused-ring (bicyclic) bond motifs is 3. The van der Waals surface area contributed by atoms with Gasteiger partial charge in [0.1, 0.15) is 18.1 Å². The van der Waals surface area contributed by atoms with E-state index in [4.69, 9.17) is 17.2 Å². The van der Waals surface area contributed by atoms with Crippen LogP contribution < -0.4 is 33.2 Å². The number of aromatic amines is 3. The molecule has 3 aromatic carbocycles. The molecule has 0 bridgehead atoms. The van der Waals surface area contributed by atoms with E-state index in [1.165, 1.54) is 0 Å². The minimum Gasteiger partial charge on any atom is -0.480 e. The highest BCUT2D eigenvalue weighted by Gasteiger charge is 2.31. The third-order valence-corrected chi connectivity index (χ3v) is 9.48. The van der Waals surface area contributed by atoms with Gasteiger partial charge >= 0.3 is 5.97 Å². The molecule has 0 fully saturated rings. The van der Waals surface area contributed by atoms with Crippen LogP contribution in [0.1, 0.15) is 29.5 Å². The average Bonchev–Trinajstić information content (AvgIpc) is 3.89. The summed E-state index contributed by atoms with van der Waals surface area (Å²) < 4.78 is 0. The molecule has 0 aliphatic carbocycles. The van der Waals surface area contributed by atoms with Gasteiger partial charge in [-0.25, -0.2) is 4.79 Å². The smallest absolute Gasteiger partial charge is 0.326 e. The van der Waals surface area contributed by atoms with Gasteiger partial charge in [0.05, 0.1) is 6.04 Å². The van der Waals surface area contributed by atoms with E-state index in [9.17, 15) is 24.3 Å². The van der Waals surface area contributed by atoms with Crippen LogP contribution in [0.5, 0.6) is 0 Å². The highest BCUT2D eigenvalue weighted by molar-refractivity contribution is 5.95. The number of carboxylic acid groups (broad SMARTS) is 1. The molecular formula is C39H44N10O5. The zero-order valence-corrected chi connectivity index (χ0v) is 29.5. The van der Waals surface area contributed by atoms with Gasteiger partial charge in [-0.2, -0.15) is 0 Å². The largest absolute Gasteiger partial charge is 0.480 e. The monoisotopic (exact) mass is 732 g/mol. The molecule has 0 saturated carbocycles. The lowest BCUT2D eigenvalue weighted by molar-refractivity contribution is -0.142. The second-order valence-corrected chi connectivity index (χ2v) is 13.3. The lowest BCUT2D eigenvalue weighted by atomic mass is 10.0. The zero-order chi connectivity index (χ0) is 38.2. The van der Waals surface area contributed by atoms with Crippen LogP contribution in [0.4, 0.5) is 0 Å². The van der Waals surface area contributed by atoms with E-state index in [1.54, 1.807) is 18.6 Å². The Hall–Kier alpha value is -6.61. The third kappa shape index (κ3) is 8.87. The second-order valence-electron chi connectivity index (χ2n) is 13.3. The number of aliphatic carboxylic acids is 1. The van der Waals surface area contributed by atoms with Crippen LogP contribution in [-0.2, 0) is 38.4 Å². The van der Waals surface area contributed by atoms with Gasteiger partial charge < -0.3 is 53.2 Å². The molecule has 6 aromatic rings. The Kier molecular flexibility index (Phi) is 11.6. The zero-order valence-electron chi connectivity index (χ0n) is 29.5. The van der Waals surface area contributed by atoms with Crippen molar-refractivity contribution in [2.24, 2.45) is 22.2 Å². The number of carboxylic acids is 1. The summed E-state index contributed by atoms with van der Waals surface area (Å²) in [5.41, 5.74) is 22.2. The summed E-state index contributed by atoms with van der Waals surface area (Å²) in [7, 11) is 0. The van der Waals surface area contributed by atoms with Crippen molar-refractivity contribution in [1.29, 1.82) is 0 Å². The van der Waals surface area contributed by atoms with Crippen LogP contribution in [0, 0.1) is 0 Å². The summed E-state index contributed by atoms with van der Waals surface area (Å²) >= 11 is 0. The van der Waals surface area contributed by atoms with Gasteiger partial charge in [-0.1, -0.05) is 54.6 Å². The lowest BCUT2D eigenvalue weighted by Crippen LogP contribution is -2.58. The summed E-state index contributed by atoms with van der Waals surface area (Å²) in [6.45, 7) is 0.191. The molecule has 0 saturated heterocycles. The Morgan fingerprint density at radius 1 is 0.611 bits per heavy atom. The van der Waals surface area contributed by atoms with E-state index in [1.807, 2.05) is 72.8 Å². The summed E-state index contributed by atoms with van der Waals surface area (Å²) in [5, 5.41) is 21.0. The minimum atomic E-state index is -1.31. The Morgan fingerprint density at radius 2 is 1.04 bits per heavy atom. The first-order valence-corrected chi connectivity index (χ1v) is 17.7. The number of carbonyl (C=O) groups is 4. The topological polar surface area (TPSA) is 262 Å². The van der Waals surface area contributed by atoms with E-state index in [2.05, 4.69) is 35.9 Å². The predicted molar refractivity (Wildman–Crippen MR) is 207 cm³/mol. The molecule has 54 heavy (non-hydrogen) atoms. The first-order valence-electron chi connectivity index (χ1n) is 17.7. The van der Waals surface area contributed by atoms with Crippen molar-refractivity contribution in [2.75, 3.05) is 6.54 Å². The number of nitrogens with two attached hydrogens (primary N) is 3. The van der Waals surface area contributed by atoms with E-state index >= 15 is 0 Å². The number of amides is 3. The number of benzene rings is 3. The SMILES string of the molecule is NC(N)=NCCCC(NC(=O)C(N)Cc1c[nH]c2ccccc12)C(=O)NC(Cc1c[nH]c2ccccc12)C(=O)NC(Cc1c[nH]c2ccccc12)C(=O)O. The molecule has 4 atom stereocenters. The molecule has 6 rings (SSSR count). The van der Waals surface area contributed by atoms with Crippen LogP contribution in [0.3, 0.4) is 0 Å². The van der Waals surface area contributed by atoms with Crippen LogP contribution in [-0.4, -0.2) is 80.4 Å². The quantitative estimate of drug-likeness (QED) is 0.0376. The second kappa shape index (κ2) is 16.8. The maximum absolute atomic E-state index is 14.1. The summed E-state index contributed by atoms with van der Waals surface area (Å²) in [5.74, 6) is -3.28. The molecule has 0 radical (unpaired) electrons. The number of carbonyl (C=O) groups excluding carboxylic acids is 3. The van der Waals surface area contributed by atoms with Crippen LogP contribution in [0.25, 0.3) is 32.7 Å². The number of rotatable bonds is 17. The fourth-order valence-corrected chi connectivity index (χ4v) is 6.68. The number of guanidine groups is 1. The van der Waals surface area contributed by atoms with Gasteiger partial charge in [0.15, 0.2) is 5.96 Å². The molecular weight excluding hydrogens is 688 g/mol. The normalized spacial score (nSPS) is 13.6. The van der Waals surface area contributed by atoms with Gasteiger partial charge in [0.25, 0.3) is 0 Å². The lowest BCUT2D eigenvalue weighted by Gasteiger charge is -2.25. The number of nitrogens with one attached hydrogen (secondary N) is 6. The number of para-hydroxylation sites is 3. The van der Waals surface area contributed by atoms with Crippen molar-refractivity contribution >= 4 is 62.4 Å². The van der Waals surface area contributed by atoms with E-state index in [0.29, 0.717) is 12.0 Å². The summed E-state index contributed by atoms with van der Waals surface area (Å²) in [6, 6.07) is 18.0. The van der Waals surface area contributed by atoms with Gasteiger partial charge in [0, 0.05) is 70.7 Å². The molecule has 280 valence electrons. The number of aliphatic imine (C=N–C) groups is 1. The van der Waals surface area contributed by atoms with Gasteiger partial charge in [-0.3, -0.25) is 19.4 Å². The molecule has 0 aliphatic rings. The molecule has 4 unspecified atom stereocenters. The Balaban J connectivity index is 1.22. The number of nitrogens with zero attached hydrogens (tertiary/aromatic N) is 1. The molecule has 0 aliphatic heterocycles. The van der Waals surface area contributed by atoms with E-state index in [-0.39, 0.29) is 38.2 Å². The van der Waals surface area contributed by atoms with Crippen molar-refractivity contribution < 1.29 is 24.3 Å². The number of H-pyrrole nitrogens is 3. The van der Waals surface area contributed by atoms with Gasteiger partial charge in [0.2, 0.25) is 17.7 Å². The maximum atomic E-state index is 14.1. The third-order valence-electron chi connectivity index (χ3n) is 9.48. The van der Waals surface area contributed by atoms with Crippen molar-refractivity contribution in [3.8, 4) is 0 Å². The van der Waals surface area contributed by atoms with Crippen molar-refractivity contribution in [3.63, 3.8) is 0 Å². The van der Waals surface area contributed by atoms with Crippen molar-refractivity contribution in [3.05, 3.63) is 108 Å². The predicted octanol–water partition coefficient (Wildman–Crippen LogP) is 2.08. The fourth-order valence-electron chi connectivity index (χ4n) is 6.68. The first-order chi connectivity index (χ1) is 26.1. The Labute approximate surface area is 310 Å². The first kappa shape index (κ1) is 37.2. The van der Waals surface area contributed by atoms with Crippen molar-refractivity contribution in [1.82, 2.24) is 30.9 Å². The highest BCUT2D eigenvalue weighted by Crippen LogP contribution is 2.22. The molecule has 0 spiro atoms.